The molecule has 2 atom stereocenters. The van der Waals surface area contributed by atoms with E-state index in [1.165, 1.54) is 12.1 Å². The number of amides is 1. The van der Waals surface area contributed by atoms with Crippen LogP contribution in [0.25, 0.3) is 17.4 Å². The lowest BCUT2D eigenvalue weighted by Crippen LogP contribution is -2.61. The molecule has 0 bridgehead atoms. The number of hydrogen-bond acceptors (Lipinski definition) is 7. The molecule has 1 spiro atoms. The van der Waals surface area contributed by atoms with Crippen LogP contribution in [0, 0.1) is 0 Å². The summed E-state index contributed by atoms with van der Waals surface area (Å²) < 4.78 is 12.6. The largest absolute Gasteiger partial charge is 0.478 e. The predicted molar refractivity (Wildman–Crippen MR) is 147 cm³/mol. The molecule has 4 aromatic rings. The average molecular weight is 536 g/mol. The Bertz CT molecular complexity index is 1680. The minimum absolute atomic E-state index is 0.132. The summed E-state index contributed by atoms with van der Waals surface area (Å²) in [4.78, 5) is 24.6. The zero-order valence-corrected chi connectivity index (χ0v) is 21.2. The molecule has 4 heterocycles. The number of carboxylic acids is 1. The molecule has 8 nitrogen and oxygen atoms in total. The highest BCUT2D eigenvalue weighted by molar-refractivity contribution is 8.17. The van der Waals surface area contributed by atoms with Gasteiger partial charge in [0.1, 0.15) is 17.3 Å². The number of ether oxygens (including phenoxy) is 1. The molecule has 192 valence electrons. The van der Waals surface area contributed by atoms with E-state index in [0.717, 1.165) is 34.2 Å². The number of nitrogens with zero attached hydrogens (tertiary/aromatic N) is 2. The van der Waals surface area contributed by atoms with Crippen molar-refractivity contribution in [3.05, 3.63) is 118 Å². The van der Waals surface area contributed by atoms with Gasteiger partial charge in [0.2, 0.25) is 0 Å². The van der Waals surface area contributed by atoms with E-state index in [9.17, 15) is 9.59 Å². The van der Waals surface area contributed by atoms with E-state index in [0.29, 0.717) is 28.6 Å². The number of carbonyl (C=O) groups is 2. The van der Waals surface area contributed by atoms with Crippen LogP contribution in [0.2, 0.25) is 0 Å². The molecule has 0 radical (unpaired) electrons. The highest BCUT2D eigenvalue weighted by Crippen LogP contribution is 2.52. The van der Waals surface area contributed by atoms with Gasteiger partial charge in [-0.1, -0.05) is 60.7 Å². The maximum Gasteiger partial charge on any atom is 0.335 e. The summed E-state index contributed by atoms with van der Waals surface area (Å²) in [6.45, 7) is 0. The molecule has 0 aliphatic carbocycles. The summed E-state index contributed by atoms with van der Waals surface area (Å²) in [5, 5.41) is 18.8. The van der Waals surface area contributed by atoms with E-state index in [-0.39, 0.29) is 16.8 Å². The Labute approximate surface area is 227 Å². The molecule has 2 unspecified atom stereocenters. The van der Waals surface area contributed by atoms with E-state index in [4.69, 9.17) is 19.4 Å². The van der Waals surface area contributed by atoms with E-state index < -0.39 is 11.8 Å². The van der Waals surface area contributed by atoms with Crippen LogP contribution >= 0.6 is 11.8 Å². The second-order valence-electron chi connectivity index (χ2n) is 9.37. The minimum Gasteiger partial charge on any atom is -0.478 e. The number of aromatic carboxylic acids is 1. The van der Waals surface area contributed by atoms with Crippen molar-refractivity contribution in [1.29, 1.82) is 0 Å². The van der Waals surface area contributed by atoms with Crippen LogP contribution in [-0.4, -0.2) is 32.9 Å². The minimum atomic E-state index is -1.33. The summed E-state index contributed by atoms with van der Waals surface area (Å²) in [6, 6.07) is 27.8. The average Bonchev–Trinajstić information content (AvgIpc) is 3.68. The number of carboxylic acid groups (broad SMARTS) is 1. The quantitative estimate of drug-likeness (QED) is 0.314. The number of fused-ring (bicyclic) bond motifs is 4. The Kier molecular flexibility index (Phi) is 5.34. The molecule has 1 fully saturated rings. The van der Waals surface area contributed by atoms with E-state index >= 15 is 0 Å². The molecule has 2 N–H and O–H groups in total. The summed E-state index contributed by atoms with van der Waals surface area (Å²) >= 11 is 1.05. The lowest BCUT2D eigenvalue weighted by molar-refractivity contribution is -0.0949. The first-order valence-corrected chi connectivity index (χ1v) is 13.2. The Morgan fingerprint density at radius 2 is 1.77 bits per heavy atom. The molecule has 1 aromatic heterocycles. The first-order valence-electron chi connectivity index (χ1n) is 12.4. The fourth-order valence-electron chi connectivity index (χ4n) is 5.16. The number of benzene rings is 3. The molecule has 39 heavy (non-hydrogen) atoms. The molecule has 0 saturated carbocycles. The zero-order chi connectivity index (χ0) is 26.6. The van der Waals surface area contributed by atoms with E-state index in [2.05, 4.69) is 5.32 Å². The standard InChI is InChI=1S/C30H21N3O5S/c34-28(35)20-12-10-19(11-13-20)25-15-14-21(37-25)16-27-30(31-29(36)39-27)33-24(22-8-4-5-9-26(22)38-30)17-23(32-33)18-6-2-1-3-7-18/h1-16,24H,17H2,(H,31,36)(H,34,35). The third kappa shape index (κ3) is 3.90. The number of para-hydroxylation sites is 1. The number of hydrogen-bond donors (Lipinski definition) is 2. The smallest absolute Gasteiger partial charge is 0.335 e. The summed E-state index contributed by atoms with van der Waals surface area (Å²) in [6.07, 6.45) is 2.45. The van der Waals surface area contributed by atoms with Crippen molar-refractivity contribution in [3.63, 3.8) is 0 Å². The summed E-state index contributed by atoms with van der Waals surface area (Å²) in [5.74, 6) is -0.521. The van der Waals surface area contributed by atoms with Gasteiger partial charge in [-0.15, -0.1) is 0 Å². The van der Waals surface area contributed by atoms with Gasteiger partial charge < -0.3 is 14.3 Å². The first-order chi connectivity index (χ1) is 19.0. The number of rotatable bonds is 4. The van der Waals surface area contributed by atoms with Gasteiger partial charge in [0.15, 0.2) is 0 Å². The van der Waals surface area contributed by atoms with Crippen LogP contribution in [0.4, 0.5) is 4.79 Å². The predicted octanol–water partition coefficient (Wildman–Crippen LogP) is 6.34. The second-order valence-corrected chi connectivity index (χ2v) is 10.4. The highest BCUT2D eigenvalue weighted by Gasteiger charge is 2.58. The van der Waals surface area contributed by atoms with Crippen molar-refractivity contribution in [2.24, 2.45) is 5.10 Å². The van der Waals surface area contributed by atoms with Gasteiger partial charge in [0.05, 0.1) is 22.2 Å². The number of thioether (sulfide) groups is 1. The topological polar surface area (TPSA) is 104 Å². The lowest BCUT2D eigenvalue weighted by atomic mass is 9.96. The molecule has 7 rings (SSSR count). The molecular formula is C30H21N3O5S. The van der Waals surface area contributed by atoms with Crippen molar-refractivity contribution in [2.75, 3.05) is 0 Å². The molecule has 1 amide bonds. The summed E-state index contributed by atoms with van der Waals surface area (Å²) in [7, 11) is 0. The molecule has 3 aromatic carbocycles. The lowest BCUT2D eigenvalue weighted by Gasteiger charge is -2.44. The normalized spacial score (nSPS) is 22.3. The third-order valence-electron chi connectivity index (χ3n) is 7.00. The highest BCUT2D eigenvalue weighted by atomic mass is 32.2. The van der Waals surface area contributed by atoms with Crippen molar-refractivity contribution < 1.29 is 23.8 Å². The van der Waals surface area contributed by atoms with Crippen LogP contribution < -0.4 is 10.1 Å². The second kappa shape index (κ2) is 8.92. The Morgan fingerprint density at radius 3 is 2.56 bits per heavy atom. The molecular weight excluding hydrogens is 514 g/mol. The van der Waals surface area contributed by atoms with Crippen LogP contribution in [0.1, 0.15) is 39.7 Å². The number of carbonyl (C=O) groups excluding carboxylic acids is 1. The maximum atomic E-state index is 12.9. The van der Waals surface area contributed by atoms with E-state index in [1.807, 2.05) is 65.7 Å². The van der Waals surface area contributed by atoms with Crippen molar-refractivity contribution in [3.8, 4) is 17.1 Å². The number of furan rings is 1. The fraction of sp³-hybridized carbons (Fsp3) is 0.100. The van der Waals surface area contributed by atoms with Gasteiger partial charge in [-0.05, 0) is 53.7 Å². The van der Waals surface area contributed by atoms with Gasteiger partial charge in [-0.3, -0.25) is 10.1 Å². The Morgan fingerprint density at radius 1 is 1.00 bits per heavy atom. The van der Waals surface area contributed by atoms with E-state index in [1.54, 1.807) is 24.3 Å². The number of hydrazone groups is 1. The summed E-state index contributed by atoms with van der Waals surface area (Å²) in [5.41, 5.74) is 3.88. The monoisotopic (exact) mass is 535 g/mol. The zero-order valence-electron chi connectivity index (χ0n) is 20.4. The van der Waals surface area contributed by atoms with Gasteiger partial charge in [0.25, 0.3) is 5.24 Å². The van der Waals surface area contributed by atoms with Crippen LogP contribution in [0.5, 0.6) is 5.75 Å². The SMILES string of the molecule is O=C1NC2(Oc3ccccc3C3CC(c4ccccc4)=NN32)C(=Cc2ccc(-c3ccc(C(=O)O)cc3)o2)S1. The van der Waals surface area contributed by atoms with Gasteiger partial charge in [0, 0.05) is 17.5 Å². The van der Waals surface area contributed by atoms with Crippen LogP contribution in [0.3, 0.4) is 0 Å². The number of nitrogens with one attached hydrogen (secondary N) is 1. The molecule has 3 aliphatic rings. The van der Waals surface area contributed by atoms with Gasteiger partial charge >= 0.3 is 11.8 Å². The Hall–Kier alpha value is -4.76. The van der Waals surface area contributed by atoms with Gasteiger partial charge in [-0.25, -0.2) is 9.80 Å². The van der Waals surface area contributed by atoms with Crippen LogP contribution in [0.15, 0.2) is 105 Å². The van der Waals surface area contributed by atoms with Crippen molar-refractivity contribution in [1.82, 2.24) is 10.3 Å². The third-order valence-corrected chi connectivity index (χ3v) is 7.90. The first kappa shape index (κ1) is 23.4. The molecule has 3 aliphatic heterocycles. The van der Waals surface area contributed by atoms with Crippen molar-refractivity contribution >= 4 is 34.8 Å². The molecule has 9 heteroatoms. The van der Waals surface area contributed by atoms with Gasteiger partial charge in [-0.2, -0.15) is 5.10 Å². The molecule has 1 saturated heterocycles. The fourth-order valence-corrected chi connectivity index (χ4v) is 6.05. The maximum absolute atomic E-state index is 12.9. The van der Waals surface area contributed by atoms with Crippen molar-refractivity contribution in [2.45, 2.75) is 18.3 Å². The Balaban J connectivity index is 1.29. The van der Waals surface area contributed by atoms with Crippen LogP contribution in [-0.2, 0) is 0 Å².